The maximum absolute atomic E-state index is 2.99. The summed E-state index contributed by atoms with van der Waals surface area (Å²) in [5.41, 5.74) is 0. The molecule has 2 rings (SSSR count). The van der Waals surface area contributed by atoms with Gasteiger partial charge in [0.2, 0.25) is 0 Å². The van der Waals surface area contributed by atoms with E-state index in [2.05, 4.69) is 18.2 Å². The number of halogens is 2. The standard InChI is InChI=1S/C5H5.C3H3.2ClH.Zr/c1-2-4-5-3-1;1-2-3-1;;;/h1-3H,4H2;1H,2H2;2*1H;/q2*-1;;;+4/p-2. The molecule has 11 heavy (non-hydrogen) atoms. The first-order valence-electron chi connectivity index (χ1n) is 2.77. The van der Waals surface area contributed by atoms with E-state index in [0.717, 1.165) is 12.8 Å². The molecule has 0 N–H and O–H groups in total. The van der Waals surface area contributed by atoms with Crippen LogP contribution in [0.25, 0.3) is 0 Å². The minimum absolute atomic E-state index is 0. The van der Waals surface area contributed by atoms with Crippen molar-refractivity contribution in [2.24, 2.45) is 0 Å². The van der Waals surface area contributed by atoms with Gasteiger partial charge in [0.25, 0.3) is 0 Å². The zero-order chi connectivity index (χ0) is 5.66. The molecule has 58 valence electrons. The molecule has 0 aromatic rings. The summed E-state index contributed by atoms with van der Waals surface area (Å²) in [6.45, 7) is 0. The van der Waals surface area contributed by atoms with Crippen molar-refractivity contribution < 1.29 is 51.0 Å². The smallest absolute Gasteiger partial charge is 1.00 e. The Labute approximate surface area is 99.8 Å². The molecule has 0 unspecified atom stereocenters. The van der Waals surface area contributed by atoms with Crippen molar-refractivity contribution in [3.05, 3.63) is 36.5 Å². The van der Waals surface area contributed by atoms with Crippen LogP contribution in [0, 0.1) is 12.2 Å². The summed E-state index contributed by atoms with van der Waals surface area (Å²) >= 11 is 0. The van der Waals surface area contributed by atoms with Gasteiger partial charge in [-0.15, -0.1) is 6.42 Å². The Kier molecular flexibility index (Phi) is 21.4. The second kappa shape index (κ2) is 13.3. The Hall–Kier alpha value is 0.683. The van der Waals surface area contributed by atoms with E-state index in [-0.39, 0.29) is 51.0 Å². The van der Waals surface area contributed by atoms with Crippen molar-refractivity contribution in [3.8, 4) is 0 Å². The molecule has 0 nitrogen and oxygen atoms in total. The van der Waals surface area contributed by atoms with Gasteiger partial charge in [0.1, 0.15) is 0 Å². The maximum Gasteiger partial charge on any atom is 4.00 e. The fourth-order valence-corrected chi connectivity index (χ4v) is 0.340. The van der Waals surface area contributed by atoms with Crippen LogP contribution in [0.1, 0.15) is 12.8 Å². The van der Waals surface area contributed by atoms with Gasteiger partial charge in [-0.2, -0.15) is 6.08 Å². The Bertz CT molecular complexity index is 125. The van der Waals surface area contributed by atoms with Crippen LogP contribution in [0.4, 0.5) is 0 Å². The molecule has 0 bridgehead atoms. The topological polar surface area (TPSA) is 0 Å². The number of rotatable bonds is 0. The molecule has 0 radical (unpaired) electrons. The van der Waals surface area contributed by atoms with Crippen molar-refractivity contribution in [2.75, 3.05) is 0 Å². The van der Waals surface area contributed by atoms with Gasteiger partial charge >= 0.3 is 26.2 Å². The van der Waals surface area contributed by atoms with Gasteiger partial charge in [-0.3, -0.25) is 12.2 Å². The van der Waals surface area contributed by atoms with Crippen molar-refractivity contribution in [1.82, 2.24) is 0 Å². The van der Waals surface area contributed by atoms with E-state index in [1.54, 1.807) is 0 Å². The van der Waals surface area contributed by atoms with Gasteiger partial charge < -0.3 is 30.9 Å². The first-order valence-corrected chi connectivity index (χ1v) is 2.77. The molecule has 0 spiro atoms. The summed E-state index contributed by atoms with van der Waals surface area (Å²) in [6.07, 6.45) is 16.0. The van der Waals surface area contributed by atoms with Crippen molar-refractivity contribution in [2.45, 2.75) is 12.8 Å². The summed E-state index contributed by atoms with van der Waals surface area (Å²) in [6, 6.07) is 0. The molecular formula is C8H8Cl2Zr. The molecule has 0 aromatic heterocycles. The number of hydrogen-bond acceptors (Lipinski definition) is 0. The van der Waals surface area contributed by atoms with E-state index in [4.69, 9.17) is 0 Å². The van der Waals surface area contributed by atoms with Gasteiger partial charge in [-0.05, 0) is 0 Å². The van der Waals surface area contributed by atoms with Crippen molar-refractivity contribution >= 4 is 0 Å². The minimum atomic E-state index is 0. The molecular weight excluding hydrogens is 258 g/mol. The molecule has 0 fully saturated rings. The predicted octanol–water partition coefficient (Wildman–Crippen LogP) is -3.94. The van der Waals surface area contributed by atoms with Crippen LogP contribution in [-0.2, 0) is 26.2 Å². The van der Waals surface area contributed by atoms with Crippen LogP contribution in [0.15, 0.2) is 24.3 Å². The Morgan fingerprint density at radius 1 is 1.00 bits per heavy atom. The molecule has 0 aromatic carbocycles. The third kappa shape index (κ3) is 18.0. The SMILES string of the molecule is [C-]1=CC1.[C-]1=CC=CC1.[Cl-].[Cl-].[Zr+4]. The third-order valence-electron chi connectivity index (χ3n) is 0.790. The molecule has 0 saturated heterocycles. The van der Waals surface area contributed by atoms with Gasteiger partial charge in [0, 0.05) is 0 Å². The van der Waals surface area contributed by atoms with Gasteiger partial charge in [0.05, 0.1) is 0 Å². The molecule has 2 aliphatic rings. The van der Waals surface area contributed by atoms with Crippen LogP contribution in [0.3, 0.4) is 0 Å². The molecule has 0 saturated carbocycles. The summed E-state index contributed by atoms with van der Waals surface area (Å²) in [5, 5.41) is 0. The van der Waals surface area contributed by atoms with Crippen LogP contribution >= 0.6 is 0 Å². The fraction of sp³-hybridized carbons (Fsp3) is 0.250. The Balaban J connectivity index is -0.0000000967. The number of allylic oxidation sites excluding steroid dienone is 6. The summed E-state index contributed by atoms with van der Waals surface area (Å²) in [5.74, 6) is 0. The predicted molar refractivity (Wildman–Crippen MR) is 34.0 cm³/mol. The van der Waals surface area contributed by atoms with Crippen LogP contribution in [0.2, 0.25) is 0 Å². The molecule has 0 atom stereocenters. The monoisotopic (exact) mass is 264 g/mol. The van der Waals surface area contributed by atoms with Crippen molar-refractivity contribution in [3.63, 3.8) is 0 Å². The van der Waals surface area contributed by atoms with E-state index in [9.17, 15) is 0 Å². The molecule has 0 aliphatic heterocycles. The number of hydrogen-bond donors (Lipinski definition) is 0. The minimum Gasteiger partial charge on any atom is -1.00 e. The Morgan fingerprint density at radius 3 is 1.64 bits per heavy atom. The first kappa shape index (κ1) is 17.7. The van der Waals surface area contributed by atoms with E-state index in [1.165, 1.54) is 0 Å². The first-order chi connectivity index (χ1) is 4.00. The van der Waals surface area contributed by atoms with E-state index in [1.807, 2.05) is 18.2 Å². The second-order valence-electron chi connectivity index (χ2n) is 1.62. The van der Waals surface area contributed by atoms with E-state index < -0.39 is 0 Å². The van der Waals surface area contributed by atoms with E-state index >= 15 is 0 Å². The van der Waals surface area contributed by atoms with Crippen LogP contribution in [-0.4, -0.2) is 0 Å². The second-order valence-corrected chi connectivity index (χ2v) is 1.62. The summed E-state index contributed by atoms with van der Waals surface area (Å²) < 4.78 is 0. The summed E-state index contributed by atoms with van der Waals surface area (Å²) in [7, 11) is 0. The van der Waals surface area contributed by atoms with Crippen LogP contribution < -0.4 is 24.8 Å². The Morgan fingerprint density at radius 2 is 1.55 bits per heavy atom. The normalized spacial score (nSPS) is 13.1. The average Bonchev–Trinajstić information content (AvgIpc) is 2.55. The van der Waals surface area contributed by atoms with Gasteiger partial charge in [0.15, 0.2) is 0 Å². The molecule has 2 aliphatic carbocycles. The quantitative estimate of drug-likeness (QED) is 0.393. The van der Waals surface area contributed by atoms with Crippen LogP contribution in [0.5, 0.6) is 0 Å². The summed E-state index contributed by atoms with van der Waals surface area (Å²) in [4.78, 5) is 0. The van der Waals surface area contributed by atoms with E-state index in [0.29, 0.717) is 0 Å². The molecule has 0 heterocycles. The van der Waals surface area contributed by atoms with Crippen molar-refractivity contribution in [1.29, 1.82) is 0 Å². The zero-order valence-corrected chi connectivity index (χ0v) is 9.95. The molecule has 3 heteroatoms. The van der Waals surface area contributed by atoms with Gasteiger partial charge in [-0.25, -0.2) is 18.6 Å². The average molecular weight is 266 g/mol. The maximum atomic E-state index is 2.99. The third-order valence-corrected chi connectivity index (χ3v) is 0.790. The largest absolute Gasteiger partial charge is 4.00 e. The molecule has 0 amide bonds. The zero-order valence-electron chi connectivity index (χ0n) is 5.98. The fourth-order valence-electron chi connectivity index (χ4n) is 0.340. The van der Waals surface area contributed by atoms with Gasteiger partial charge in [-0.1, -0.05) is 0 Å².